The number of hydrogen-bond donors (Lipinski definition) is 0. The van der Waals surface area contributed by atoms with Crippen LogP contribution in [0.3, 0.4) is 0 Å². The van der Waals surface area contributed by atoms with E-state index < -0.39 is 0 Å². The first-order chi connectivity index (χ1) is 3.29. The van der Waals surface area contributed by atoms with Crippen molar-refractivity contribution in [2.75, 3.05) is 20.8 Å². The second-order valence-electron chi connectivity index (χ2n) is 1.95. The Morgan fingerprint density at radius 2 is 1.30 bits per heavy atom. The first-order valence-electron chi connectivity index (χ1n) is 2.38. The molecule has 10 heavy (non-hydrogen) atoms. The summed E-state index contributed by atoms with van der Waals surface area (Å²) in [5, 5.41) is 0. The molecule has 0 atom stereocenters. The summed E-state index contributed by atoms with van der Waals surface area (Å²) < 4.78 is 0. The number of halogens is 2. The van der Waals surface area contributed by atoms with Gasteiger partial charge in [0, 0.05) is 26.5 Å². The Labute approximate surface area is 93.6 Å². The van der Waals surface area contributed by atoms with Gasteiger partial charge in [0.15, 0.2) is 0 Å². The molecule has 0 aromatic rings. The molecule has 0 amide bonds. The second-order valence-corrected chi connectivity index (χ2v) is 1.95. The fourth-order valence-electron chi connectivity index (χ4n) is 0.674. The fraction of sp³-hybridized carbons (Fsp3) is 0.600. The van der Waals surface area contributed by atoms with E-state index in [9.17, 15) is 0 Å². The van der Waals surface area contributed by atoms with Gasteiger partial charge in [0.05, 0.1) is 6.67 Å². The molecular formula is C5H10Br2CuN2. The van der Waals surface area contributed by atoms with Gasteiger partial charge >= 0.3 is 17.1 Å². The minimum atomic E-state index is 0. The average molecular weight is 322 g/mol. The van der Waals surface area contributed by atoms with Crippen LogP contribution in [0.25, 0.3) is 0 Å². The smallest absolute Gasteiger partial charge is 1.00 e. The minimum absolute atomic E-state index is 0. The molecule has 1 aliphatic rings. The molecule has 5 heteroatoms. The van der Waals surface area contributed by atoms with Gasteiger partial charge in [0.2, 0.25) is 0 Å². The quantitative estimate of drug-likeness (QED) is 0.411. The molecule has 0 unspecified atom stereocenters. The van der Waals surface area contributed by atoms with Crippen LogP contribution in [0.15, 0.2) is 12.4 Å². The third-order valence-corrected chi connectivity index (χ3v) is 1.02. The van der Waals surface area contributed by atoms with Crippen molar-refractivity contribution in [3.63, 3.8) is 0 Å². The molecule has 65 valence electrons. The SMILES string of the molecule is CN1C=CN(C)C1.[Br-].[Br-].[Cu+2]. The van der Waals surface area contributed by atoms with E-state index in [2.05, 4.69) is 36.3 Å². The zero-order chi connectivity index (χ0) is 5.28. The van der Waals surface area contributed by atoms with E-state index in [4.69, 9.17) is 0 Å². The van der Waals surface area contributed by atoms with Gasteiger partial charge in [-0.3, -0.25) is 0 Å². The summed E-state index contributed by atoms with van der Waals surface area (Å²) in [6.07, 6.45) is 4.11. The zero-order valence-electron chi connectivity index (χ0n) is 5.81. The van der Waals surface area contributed by atoms with Crippen LogP contribution in [0.1, 0.15) is 0 Å². The maximum Gasteiger partial charge on any atom is 2.00 e. The van der Waals surface area contributed by atoms with Gasteiger partial charge in [-0.1, -0.05) is 0 Å². The van der Waals surface area contributed by atoms with Gasteiger partial charge in [-0.15, -0.1) is 0 Å². The Morgan fingerprint density at radius 3 is 1.40 bits per heavy atom. The molecule has 0 saturated heterocycles. The van der Waals surface area contributed by atoms with Crippen LogP contribution < -0.4 is 34.0 Å². The second kappa shape index (κ2) is 7.92. The van der Waals surface area contributed by atoms with Crippen molar-refractivity contribution in [2.24, 2.45) is 0 Å². The summed E-state index contributed by atoms with van der Waals surface area (Å²) in [7, 11) is 4.11. The van der Waals surface area contributed by atoms with Gasteiger partial charge in [0.25, 0.3) is 0 Å². The number of nitrogens with zero attached hydrogens (tertiary/aromatic N) is 2. The zero-order valence-corrected chi connectivity index (χ0v) is 9.93. The Morgan fingerprint density at radius 1 is 1.00 bits per heavy atom. The van der Waals surface area contributed by atoms with Crippen LogP contribution in [0, 0.1) is 0 Å². The maximum absolute atomic E-state index is 2.12. The molecule has 1 aliphatic heterocycles. The van der Waals surface area contributed by atoms with E-state index in [1.54, 1.807) is 0 Å². The first-order valence-corrected chi connectivity index (χ1v) is 2.38. The number of rotatable bonds is 0. The normalized spacial score (nSPS) is 13.4. The fourth-order valence-corrected chi connectivity index (χ4v) is 0.674. The van der Waals surface area contributed by atoms with E-state index in [0.29, 0.717) is 0 Å². The topological polar surface area (TPSA) is 6.48 Å². The molecule has 1 heterocycles. The third kappa shape index (κ3) is 5.59. The summed E-state index contributed by atoms with van der Waals surface area (Å²) in [6.45, 7) is 1.03. The molecule has 0 aromatic heterocycles. The van der Waals surface area contributed by atoms with Crippen molar-refractivity contribution in [3.05, 3.63) is 12.4 Å². The van der Waals surface area contributed by atoms with Crippen LogP contribution in [-0.4, -0.2) is 30.6 Å². The van der Waals surface area contributed by atoms with Crippen molar-refractivity contribution in [3.8, 4) is 0 Å². The van der Waals surface area contributed by atoms with Crippen molar-refractivity contribution in [1.29, 1.82) is 0 Å². The monoisotopic (exact) mass is 319 g/mol. The third-order valence-electron chi connectivity index (χ3n) is 1.02. The molecule has 2 nitrogen and oxygen atoms in total. The van der Waals surface area contributed by atoms with Gasteiger partial charge in [-0.05, 0) is 0 Å². The largest absolute Gasteiger partial charge is 2.00 e. The summed E-state index contributed by atoms with van der Waals surface area (Å²) in [5.41, 5.74) is 0. The predicted molar refractivity (Wildman–Crippen MR) is 29.5 cm³/mol. The summed E-state index contributed by atoms with van der Waals surface area (Å²) in [4.78, 5) is 4.25. The molecule has 0 saturated carbocycles. The van der Waals surface area contributed by atoms with Gasteiger partial charge < -0.3 is 43.8 Å². The summed E-state index contributed by atoms with van der Waals surface area (Å²) in [5.74, 6) is 0. The predicted octanol–water partition coefficient (Wildman–Crippen LogP) is -5.70. The maximum atomic E-state index is 2.12. The minimum Gasteiger partial charge on any atom is -1.00 e. The molecular weight excluding hydrogens is 311 g/mol. The van der Waals surface area contributed by atoms with Crippen molar-refractivity contribution in [2.45, 2.75) is 0 Å². The van der Waals surface area contributed by atoms with Gasteiger partial charge in [0.1, 0.15) is 0 Å². The molecule has 0 bridgehead atoms. The Balaban J connectivity index is -0.000000163. The van der Waals surface area contributed by atoms with Gasteiger partial charge in [-0.2, -0.15) is 0 Å². The van der Waals surface area contributed by atoms with Crippen LogP contribution >= 0.6 is 0 Å². The van der Waals surface area contributed by atoms with E-state index in [-0.39, 0.29) is 51.0 Å². The van der Waals surface area contributed by atoms with Crippen molar-refractivity contribution < 1.29 is 51.0 Å². The summed E-state index contributed by atoms with van der Waals surface area (Å²) >= 11 is 0. The summed E-state index contributed by atoms with van der Waals surface area (Å²) in [6, 6.07) is 0. The van der Waals surface area contributed by atoms with E-state index in [1.165, 1.54) is 0 Å². The Bertz CT molecular complexity index is 89.6. The van der Waals surface area contributed by atoms with Crippen LogP contribution in [-0.2, 0) is 17.1 Å². The standard InChI is InChI=1S/C5H10N2.2BrH.Cu/c1-6-3-4-7(2)5-6;;;/h3-4H,5H2,1-2H3;2*1H;/q;;;+2/p-2. The Kier molecular flexibility index (Phi) is 13.5. The van der Waals surface area contributed by atoms with E-state index >= 15 is 0 Å². The first kappa shape index (κ1) is 17.1. The average Bonchev–Trinajstić information content (AvgIpc) is 1.87. The molecule has 0 N–H and O–H groups in total. The van der Waals surface area contributed by atoms with Gasteiger partial charge in [-0.25, -0.2) is 0 Å². The van der Waals surface area contributed by atoms with Crippen molar-refractivity contribution >= 4 is 0 Å². The van der Waals surface area contributed by atoms with E-state index in [0.717, 1.165) is 6.67 Å². The van der Waals surface area contributed by atoms with Crippen LogP contribution in [0.4, 0.5) is 0 Å². The van der Waals surface area contributed by atoms with Crippen molar-refractivity contribution in [1.82, 2.24) is 9.80 Å². The van der Waals surface area contributed by atoms with Crippen LogP contribution in [0.2, 0.25) is 0 Å². The Hall–Kier alpha value is 0.819. The van der Waals surface area contributed by atoms with Crippen LogP contribution in [0.5, 0.6) is 0 Å². The molecule has 0 fully saturated rings. The molecule has 0 aliphatic carbocycles. The molecule has 0 spiro atoms. The van der Waals surface area contributed by atoms with E-state index in [1.807, 2.05) is 0 Å². The molecule has 0 aromatic carbocycles. The molecule has 1 radical (unpaired) electrons. The molecule has 1 rings (SSSR count). The number of hydrogen-bond acceptors (Lipinski definition) is 2.